The van der Waals surface area contributed by atoms with E-state index in [1.807, 2.05) is 24.3 Å². The Morgan fingerprint density at radius 1 is 1.29 bits per heavy atom. The Balaban J connectivity index is 1.69. The fraction of sp³-hybridized carbons (Fsp3) is 0.588. The average molecular weight is 291 g/mol. The molecule has 0 bridgehead atoms. The summed E-state index contributed by atoms with van der Waals surface area (Å²) in [5, 5.41) is 12.7. The Kier molecular flexibility index (Phi) is 6.05. The van der Waals surface area contributed by atoms with Gasteiger partial charge in [-0.05, 0) is 37.0 Å². The number of amides is 1. The zero-order valence-electron chi connectivity index (χ0n) is 12.7. The molecule has 1 aromatic carbocycles. The summed E-state index contributed by atoms with van der Waals surface area (Å²) in [7, 11) is 0. The molecule has 1 saturated carbocycles. The first-order valence-electron chi connectivity index (χ1n) is 7.85. The number of carbonyl (C=O) groups is 1. The lowest BCUT2D eigenvalue weighted by atomic mass is 9.86. The summed E-state index contributed by atoms with van der Waals surface area (Å²) >= 11 is 0. The highest BCUT2D eigenvalue weighted by atomic mass is 16.5. The molecule has 0 radical (unpaired) electrons. The van der Waals surface area contributed by atoms with Crippen LogP contribution in [0.1, 0.15) is 38.2 Å². The number of aliphatic hydroxyl groups is 1. The average Bonchev–Trinajstić information content (AvgIpc) is 2.52. The van der Waals surface area contributed by atoms with E-state index in [0.29, 0.717) is 12.3 Å². The molecule has 2 rings (SSSR count). The predicted octanol–water partition coefficient (Wildman–Crippen LogP) is 2.30. The lowest BCUT2D eigenvalue weighted by Gasteiger charge is -2.27. The van der Waals surface area contributed by atoms with Gasteiger partial charge in [0.1, 0.15) is 5.75 Å². The van der Waals surface area contributed by atoms with Gasteiger partial charge in [-0.25, -0.2) is 0 Å². The molecular formula is C17H25NO3. The third kappa shape index (κ3) is 5.05. The van der Waals surface area contributed by atoms with Crippen LogP contribution in [0.15, 0.2) is 24.3 Å². The van der Waals surface area contributed by atoms with E-state index in [4.69, 9.17) is 4.74 Å². The van der Waals surface area contributed by atoms with Gasteiger partial charge < -0.3 is 15.2 Å². The minimum absolute atomic E-state index is 0.0221. The fourth-order valence-electron chi connectivity index (χ4n) is 2.69. The SMILES string of the molecule is CCc1ccc(OCC(=O)NCC2CCCCC2O)cc1. The molecule has 21 heavy (non-hydrogen) atoms. The lowest BCUT2D eigenvalue weighted by molar-refractivity contribution is -0.123. The molecule has 2 unspecified atom stereocenters. The van der Waals surface area contributed by atoms with Crippen molar-refractivity contribution < 1.29 is 14.6 Å². The summed E-state index contributed by atoms with van der Waals surface area (Å²) in [4.78, 5) is 11.8. The molecule has 1 amide bonds. The maximum atomic E-state index is 11.8. The van der Waals surface area contributed by atoms with E-state index in [9.17, 15) is 9.90 Å². The quantitative estimate of drug-likeness (QED) is 0.845. The molecule has 2 N–H and O–H groups in total. The number of hydrogen-bond acceptors (Lipinski definition) is 3. The molecule has 116 valence electrons. The summed E-state index contributed by atoms with van der Waals surface area (Å²) in [5.41, 5.74) is 1.25. The second kappa shape index (κ2) is 8.03. The van der Waals surface area contributed by atoms with Gasteiger partial charge in [-0.3, -0.25) is 4.79 Å². The monoisotopic (exact) mass is 291 g/mol. The second-order valence-corrected chi connectivity index (χ2v) is 5.70. The maximum Gasteiger partial charge on any atom is 0.257 e. The van der Waals surface area contributed by atoms with Gasteiger partial charge >= 0.3 is 0 Å². The molecule has 1 aromatic rings. The van der Waals surface area contributed by atoms with E-state index in [-0.39, 0.29) is 24.5 Å². The van der Waals surface area contributed by atoms with Crippen LogP contribution < -0.4 is 10.1 Å². The standard InChI is InChI=1S/C17H25NO3/c1-2-13-7-9-15(10-8-13)21-12-17(20)18-11-14-5-3-4-6-16(14)19/h7-10,14,16,19H,2-6,11-12H2,1H3,(H,18,20). The molecule has 0 aliphatic heterocycles. The van der Waals surface area contributed by atoms with Crippen LogP contribution >= 0.6 is 0 Å². The van der Waals surface area contributed by atoms with E-state index in [1.165, 1.54) is 5.56 Å². The number of carbonyl (C=O) groups excluding carboxylic acids is 1. The van der Waals surface area contributed by atoms with E-state index < -0.39 is 0 Å². The summed E-state index contributed by atoms with van der Waals surface area (Å²) in [6, 6.07) is 7.78. The Hall–Kier alpha value is -1.55. The van der Waals surface area contributed by atoms with Crippen LogP contribution in [0.2, 0.25) is 0 Å². The normalized spacial score (nSPS) is 21.8. The van der Waals surface area contributed by atoms with Crippen molar-refractivity contribution in [1.29, 1.82) is 0 Å². The highest BCUT2D eigenvalue weighted by molar-refractivity contribution is 5.77. The van der Waals surface area contributed by atoms with Gasteiger partial charge in [0.15, 0.2) is 6.61 Å². The molecule has 1 aliphatic rings. The van der Waals surface area contributed by atoms with Crippen molar-refractivity contribution in [3.63, 3.8) is 0 Å². The number of hydrogen-bond donors (Lipinski definition) is 2. The van der Waals surface area contributed by atoms with Crippen LogP contribution in [-0.4, -0.2) is 30.3 Å². The number of nitrogens with one attached hydrogen (secondary N) is 1. The minimum atomic E-state index is -0.276. The summed E-state index contributed by atoms with van der Waals surface area (Å²) in [6.07, 6.45) is 4.77. The van der Waals surface area contributed by atoms with Gasteiger partial charge in [0.05, 0.1) is 6.10 Å². The Labute approximate surface area is 126 Å². The first-order chi connectivity index (χ1) is 10.2. The van der Waals surface area contributed by atoms with E-state index in [1.54, 1.807) is 0 Å². The second-order valence-electron chi connectivity index (χ2n) is 5.70. The molecule has 1 fully saturated rings. The van der Waals surface area contributed by atoms with Crippen molar-refractivity contribution in [2.24, 2.45) is 5.92 Å². The van der Waals surface area contributed by atoms with Crippen molar-refractivity contribution in [3.05, 3.63) is 29.8 Å². The van der Waals surface area contributed by atoms with Crippen molar-refractivity contribution in [1.82, 2.24) is 5.32 Å². The minimum Gasteiger partial charge on any atom is -0.484 e. The fourth-order valence-corrected chi connectivity index (χ4v) is 2.69. The van der Waals surface area contributed by atoms with E-state index in [2.05, 4.69) is 12.2 Å². The topological polar surface area (TPSA) is 58.6 Å². The third-order valence-corrected chi connectivity index (χ3v) is 4.13. The van der Waals surface area contributed by atoms with Crippen LogP contribution in [0.4, 0.5) is 0 Å². The van der Waals surface area contributed by atoms with Gasteiger partial charge in [0, 0.05) is 12.5 Å². The number of ether oxygens (including phenoxy) is 1. The molecular weight excluding hydrogens is 266 g/mol. The van der Waals surface area contributed by atoms with Crippen LogP contribution in [0.5, 0.6) is 5.75 Å². The molecule has 2 atom stereocenters. The molecule has 4 nitrogen and oxygen atoms in total. The predicted molar refractivity (Wildman–Crippen MR) is 82.3 cm³/mol. The summed E-state index contributed by atoms with van der Waals surface area (Å²) in [5.74, 6) is 0.763. The van der Waals surface area contributed by atoms with Gasteiger partial charge in [0.25, 0.3) is 5.91 Å². The highest BCUT2D eigenvalue weighted by Gasteiger charge is 2.23. The van der Waals surface area contributed by atoms with Gasteiger partial charge in [0.2, 0.25) is 0 Å². The van der Waals surface area contributed by atoms with Crippen LogP contribution in [0, 0.1) is 5.92 Å². The van der Waals surface area contributed by atoms with E-state index >= 15 is 0 Å². The van der Waals surface area contributed by atoms with Crippen molar-refractivity contribution in [2.75, 3.05) is 13.2 Å². The molecule has 0 heterocycles. The summed E-state index contributed by atoms with van der Waals surface area (Å²) < 4.78 is 5.46. The number of aliphatic hydroxyl groups excluding tert-OH is 1. The van der Waals surface area contributed by atoms with Gasteiger partial charge in [-0.1, -0.05) is 31.9 Å². The molecule has 4 heteroatoms. The van der Waals surface area contributed by atoms with Crippen LogP contribution in [0.25, 0.3) is 0 Å². The first-order valence-corrected chi connectivity index (χ1v) is 7.85. The van der Waals surface area contributed by atoms with Crippen molar-refractivity contribution in [3.8, 4) is 5.75 Å². The van der Waals surface area contributed by atoms with Crippen molar-refractivity contribution in [2.45, 2.75) is 45.1 Å². The van der Waals surface area contributed by atoms with Gasteiger partial charge in [-0.15, -0.1) is 0 Å². The maximum absolute atomic E-state index is 11.8. The van der Waals surface area contributed by atoms with Crippen LogP contribution in [-0.2, 0) is 11.2 Å². The van der Waals surface area contributed by atoms with Gasteiger partial charge in [-0.2, -0.15) is 0 Å². The summed E-state index contributed by atoms with van der Waals surface area (Å²) in [6.45, 7) is 2.66. The number of rotatable bonds is 6. The molecule has 1 aliphatic carbocycles. The van der Waals surface area contributed by atoms with Crippen molar-refractivity contribution >= 4 is 5.91 Å². The Bertz CT molecular complexity index is 444. The zero-order chi connectivity index (χ0) is 15.1. The largest absolute Gasteiger partial charge is 0.484 e. The van der Waals surface area contributed by atoms with Crippen LogP contribution in [0.3, 0.4) is 0 Å². The zero-order valence-corrected chi connectivity index (χ0v) is 12.7. The Morgan fingerprint density at radius 3 is 2.67 bits per heavy atom. The third-order valence-electron chi connectivity index (χ3n) is 4.13. The number of benzene rings is 1. The number of aryl methyl sites for hydroxylation is 1. The molecule has 0 spiro atoms. The highest BCUT2D eigenvalue weighted by Crippen LogP contribution is 2.23. The first kappa shape index (κ1) is 15.8. The Morgan fingerprint density at radius 2 is 2.00 bits per heavy atom. The smallest absolute Gasteiger partial charge is 0.257 e. The molecule has 0 saturated heterocycles. The molecule has 0 aromatic heterocycles. The van der Waals surface area contributed by atoms with E-state index in [0.717, 1.165) is 32.1 Å². The lowest BCUT2D eigenvalue weighted by Crippen LogP contribution is -2.38.